The number of nitrogens with one attached hydrogen (secondary N) is 1. The zero-order valence-electron chi connectivity index (χ0n) is 11.9. The van der Waals surface area contributed by atoms with Crippen LogP contribution in [0.15, 0.2) is 42.5 Å². The van der Waals surface area contributed by atoms with Crippen LogP contribution < -0.4 is 14.8 Å². The van der Waals surface area contributed by atoms with Gasteiger partial charge in [0.25, 0.3) is 0 Å². The van der Waals surface area contributed by atoms with Gasteiger partial charge in [-0.2, -0.15) is 0 Å². The van der Waals surface area contributed by atoms with E-state index < -0.39 is 0 Å². The van der Waals surface area contributed by atoms with Crippen molar-refractivity contribution in [1.29, 1.82) is 0 Å². The Morgan fingerprint density at radius 3 is 3.00 bits per heavy atom. The van der Waals surface area contributed by atoms with Gasteiger partial charge in [0.1, 0.15) is 12.4 Å². The first-order valence-corrected chi connectivity index (χ1v) is 7.03. The van der Waals surface area contributed by atoms with Crippen LogP contribution in [0.25, 0.3) is 0 Å². The minimum absolute atomic E-state index is 0.260. The zero-order chi connectivity index (χ0) is 14.7. The van der Waals surface area contributed by atoms with E-state index >= 15 is 0 Å². The first-order chi connectivity index (χ1) is 10.3. The van der Waals surface area contributed by atoms with Gasteiger partial charge in [0.15, 0.2) is 11.6 Å². The molecule has 0 unspecified atom stereocenters. The van der Waals surface area contributed by atoms with Crippen molar-refractivity contribution in [2.75, 3.05) is 13.7 Å². The Kier molecular flexibility index (Phi) is 4.06. The lowest BCUT2D eigenvalue weighted by Crippen LogP contribution is -2.38. The molecule has 110 valence electrons. The molecule has 4 heteroatoms. The third-order valence-electron chi connectivity index (χ3n) is 3.69. The highest BCUT2D eigenvalue weighted by atomic mass is 19.1. The maximum atomic E-state index is 13.4. The lowest BCUT2D eigenvalue weighted by atomic mass is 10.0. The maximum Gasteiger partial charge on any atom is 0.165 e. The van der Waals surface area contributed by atoms with E-state index in [4.69, 9.17) is 9.47 Å². The SMILES string of the molecule is COc1cc(CN[C@@H]2COc3ccccc3C2)ccc1F. The second kappa shape index (κ2) is 6.14. The molecule has 0 saturated heterocycles. The van der Waals surface area contributed by atoms with Crippen LogP contribution in [0.3, 0.4) is 0 Å². The molecule has 1 aliphatic rings. The normalized spacial score (nSPS) is 17.0. The van der Waals surface area contributed by atoms with Crippen LogP contribution >= 0.6 is 0 Å². The highest BCUT2D eigenvalue weighted by molar-refractivity contribution is 5.36. The quantitative estimate of drug-likeness (QED) is 0.938. The number of benzene rings is 2. The largest absolute Gasteiger partial charge is 0.494 e. The Hall–Kier alpha value is -2.07. The predicted octanol–water partition coefficient (Wildman–Crippen LogP) is 2.93. The van der Waals surface area contributed by atoms with Crippen molar-refractivity contribution in [1.82, 2.24) is 5.32 Å². The lowest BCUT2D eigenvalue weighted by molar-refractivity contribution is 0.238. The molecule has 21 heavy (non-hydrogen) atoms. The van der Waals surface area contributed by atoms with Gasteiger partial charge < -0.3 is 14.8 Å². The third kappa shape index (κ3) is 3.16. The number of rotatable bonds is 4. The van der Waals surface area contributed by atoms with Gasteiger partial charge in [-0.1, -0.05) is 24.3 Å². The Labute approximate surface area is 123 Å². The van der Waals surface area contributed by atoms with E-state index in [0.717, 1.165) is 17.7 Å². The molecule has 0 radical (unpaired) electrons. The minimum atomic E-state index is -0.337. The average molecular weight is 287 g/mol. The summed E-state index contributed by atoms with van der Waals surface area (Å²) >= 11 is 0. The summed E-state index contributed by atoms with van der Waals surface area (Å²) in [5.41, 5.74) is 2.21. The highest BCUT2D eigenvalue weighted by Crippen LogP contribution is 2.24. The summed E-state index contributed by atoms with van der Waals surface area (Å²) < 4.78 is 24.1. The Bertz CT molecular complexity index is 630. The topological polar surface area (TPSA) is 30.5 Å². The maximum absolute atomic E-state index is 13.4. The van der Waals surface area contributed by atoms with Crippen molar-refractivity contribution in [3.05, 3.63) is 59.4 Å². The fourth-order valence-corrected chi connectivity index (χ4v) is 2.54. The molecule has 2 aromatic rings. The Balaban J connectivity index is 1.61. The van der Waals surface area contributed by atoms with Crippen LogP contribution in [-0.4, -0.2) is 19.8 Å². The molecule has 3 rings (SSSR count). The van der Waals surface area contributed by atoms with Gasteiger partial charge in [-0.05, 0) is 35.7 Å². The minimum Gasteiger partial charge on any atom is -0.494 e. The Morgan fingerprint density at radius 1 is 1.29 bits per heavy atom. The van der Waals surface area contributed by atoms with Crippen molar-refractivity contribution in [2.45, 2.75) is 19.0 Å². The second-order valence-electron chi connectivity index (χ2n) is 5.17. The van der Waals surface area contributed by atoms with E-state index in [1.807, 2.05) is 18.2 Å². The van der Waals surface area contributed by atoms with Gasteiger partial charge in [-0.15, -0.1) is 0 Å². The second-order valence-corrected chi connectivity index (χ2v) is 5.17. The zero-order valence-corrected chi connectivity index (χ0v) is 11.9. The third-order valence-corrected chi connectivity index (χ3v) is 3.69. The molecule has 1 heterocycles. The molecule has 0 fully saturated rings. The van der Waals surface area contributed by atoms with E-state index in [9.17, 15) is 4.39 Å². The molecule has 1 N–H and O–H groups in total. The predicted molar refractivity (Wildman–Crippen MR) is 79.2 cm³/mol. The molecule has 0 spiro atoms. The van der Waals surface area contributed by atoms with Crippen LogP contribution in [0.2, 0.25) is 0 Å². The summed E-state index contributed by atoms with van der Waals surface area (Å²) in [6.45, 7) is 1.31. The fourth-order valence-electron chi connectivity index (χ4n) is 2.54. The number of fused-ring (bicyclic) bond motifs is 1. The van der Waals surface area contributed by atoms with Crippen LogP contribution in [0.5, 0.6) is 11.5 Å². The summed E-state index contributed by atoms with van der Waals surface area (Å²) in [6.07, 6.45) is 0.939. The van der Waals surface area contributed by atoms with Crippen LogP contribution in [0.4, 0.5) is 4.39 Å². The van der Waals surface area contributed by atoms with Crippen molar-refractivity contribution < 1.29 is 13.9 Å². The Morgan fingerprint density at radius 2 is 2.14 bits per heavy atom. The van der Waals surface area contributed by atoms with Crippen molar-refractivity contribution in [3.63, 3.8) is 0 Å². The van der Waals surface area contributed by atoms with E-state index in [0.29, 0.717) is 13.2 Å². The average Bonchev–Trinajstić information content (AvgIpc) is 2.54. The molecule has 1 atom stereocenters. The standard InChI is InChI=1S/C17H18FNO2/c1-20-17-8-12(6-7-15(17)18)10-19-14-9-13-4-2-3-5-16(13)21-11-14/h2-8,14,19H,9-11H2,1H3/t14-/m0/s1. The first kappa shape index (κ1) is 13.9. The summed E-state index contributed by atoms with van der Waals surface area (Å²) in [6, 6.07) is 13.3. The van der Waals surface area contributed by atoms with Gasteiger partial charge in [-0.25, -0.2) is 4.39 Å². The molecule has 0 aromatic heterocycles. The molecule has 2 aromatic carbocycles. The molecule has 0 aliphatic carbocycles. The van der Waals surface area contributed by atoms with Gasteiger partial charge in [0.05, 0.1) is 7.11 Å². The molecule has 0 bridgehead atoms. The fraction of sp³-hybridized carbons (Fsp3) is 0.294. The van der Waals surface area contributed by atoms with Gasteiger partial charge in [-0.3, -0.25) is 0 Å². The van der Waals surface area contributed by atoms with Crippen molar-refractivity contribution in [3.8, 4) is 11.5 Å². The van der Waals surface area contributed by atoms with Gasteiger partial charge >= 0.3 is 0 Å². The van der Waals surface area contributed by atoms with Crippen molar-refractivity contribution in [2.24, 2.45) is 0 Å². The summed E-state index contributed by atoms with van der Waals surface area (Å²) in [7, 11) is 1.47. The molecule has 1 aliphatic heterocycles. The number of methoxy groups -OCH3 is 1. The number of hydrogen-bond acceptors (Lipinski definition) is 3. The number of hydrogen-bond donors (Lipinski definition) is 1. The molecular formula is C17H18FNO2. The van der Waals surface area contributed by atoms with E-state index in [2.05, 4.69) is 11.4 Å². The molecule has 0 amide bonds. The van der Waals surface area contributed by atoms with E-state index in [-0.39, 0.29) is 17.6 Å². The smallest absolute Gasteiger partial charge is 0.165 e. The number of para-hydroxylation sites is 1. The monoisotopic (exact) mass is 287 g/mol. The van der Waals surface area contributed by atoms with Gasteiger partial charge in [0.2, 0.25) is 0 Å². The summed E-state index contributed by atoms with van der Waals surface area (Å²) in [5.74, 6) is 0.912. The summed E-state index contributed by atoms with van der Waals surface area (Å²) in [5, 5.41) is 3.45. The van der Waals surface area contributed by atoms with Gasteiger partial charge in [0, 0.05) is 12.6 Å². The van der Waals surface area contributed by atoms with E-state index in [1.165, 1.54) is 18.7 Å². The highest BCUT2D eigenvalue weighted by Gasteiger charge is 2.18. The summed E-state index contributed by atoms with van der Waals surface area (Å²) in [4.78, 5) is 0. The van der Waals surface area contributed by atoms with Crippen molar-refractivity contribution >= 4 is 0 Å². The van der Waals surface area contributed by atoms with Crippen LogP contribution in [0.1, 0.15) is 11.1 Å². The first-order valence-electron chi connectivity index (χ1n) is 7.03. The lowest BCUT2D eigenvalue weighted by Gasteiger charge is -2.26. The van der Waals surface area contributed by atoms with E-state index in [1.54, 1.807) is 12.1 Å². The molecule has 0 saturated carbocycles. The number of halogens is 1. The van der Waals surface area contributed by atoms with Crippen LogP contribution in [0, 0.1) is 5.82 Å². The molecule has 3 nitrogen and oxygen atoms in total. The van der Waals surface area contributed by atoms with Crippen LogP contribution in [-0.2, 0) is 13.0 Å². The number of ether oxygens (including phenoxy) is 2. The molecular weight excluding hydrogens is 269 g/mol.